The van der Waals surface area contributed by atoms with Crippen molar-refractivity contribution in [3.8, 4) is 11.5 Å². The van der Waals surface area contributed by atoms with Crippen LogP contribution in [0.1, 0.15) is 68.9 Å². The Hall–Kier alpha value is -1.96. The highest BCUT2D eigenvalue weighted by molar-refractivity contribution is 5.43. The Kier molecular flexibility index (Phi) is 4.93. The van der Waals surface area contributed by atoms with Crippen molar-refractivity contribution >= 4 is 0 Å². The molecule has 0 aromatic heterocycles. The quantitative estimate of drug-likeness (QED) is 0.681. The number of phenols is 2. The van der Waals surface area contributed by atoms with Gasteiger partial charge in [-0.1, -0.05) is 62.8 Å². The van der Waals surface area contributed by atoms with E-state index in [9.17, 15) is 10.2 Å². The second-order valence-corrected chi connectivity index (χ2v) is 8.42. The van der Waals surface area contributed by atoms with E-state index in [1.54, 1.807) is 43.5 Å². The van der Waals surface area contributed by atoms with Crippen LogP contribution in [0.15, 0.2) is 48.5 Å². The van der Waals surface area contributed by atoms with Crippen LogP contribution in [0.25, 0.3) is 0 Å². The Morgan fingerprint density at radius 1 is 0.615 bits per heavy atom. The topological polar surface area (TPSA) is 40.5 Å². The zero-order chi connectivity index (χ0) is 18.0. The third-order valence-electron chi connectivity index (χ3n) is 6.77. The Bertz CT molecular complexity index is 655. The van der Waals surface area contributed by atoms with E-state index < -0.39 is 0 Å². The predicted octanol–water partition coefficient (Wildman–Crippen LogP) is 6.15. The van der Waals surface area contributed by atoms with Crippen LogP contribution in [-0.2, 0) is 5.41 Å². The molecule has 0 radical (unpaired) electrons. The average molecular weight is 351 g/mol. The Labute approximate surface area is 156 Å². The lowest BCUT2D eigenvalue weighted by atomic mass is 9.65. The molecule has 3 saturated carbocycles. The van der Waals surface area contributed by atoms with Crippen molar-refractivity contribution in [3.05, 3.63) is 59.7 Å². The number of rotatable bonds is 2. The third-order valence-corrected chi connectivity index (χ3v) is 6.77. The van der Waals surface area contributed by atoms with Crippen molar-refractivity contribution in [1.82, 2.24) is 0 Å². The van der Waals surface area contributed by atoms with Crippen LogP contribution in [0, 0.1) is 11.8 Å². The van der Waals surface area contributed by atoms with Gasteiger partial charge in [0.1, 0.15) is 11.5 Å². The van der Waals surface area contributed by atoms with E-state index in [1.807, 2.05) is 24.3 Å². The second-order valence-electron chi connectivity index (χ2n) is 8.42. The third kappa shape index (κ3) is 3.60. The molecule has 0 spiro atoms. The highest BCUT2D eigenvalue weighted by atomic mass is 16.3. The van der Waals surface area contributed by atoms with Gasteiger partial charge in [-0.05, 0) is 66.5 Å². The van der Waals surface area contributed by atoms with Gasteiger partial charge >= 0.3 is 0 Å². The Morgan fingerprint density at radius 2 is 1.08 bits per heavy atom. The summed E-state index contributed by atoms with van der Waals surface area (Å²) in [6, 6.07) is 15.2. The second kappa shape index (κ2) is 7.34. The lowest BCUT2D eigenvalue weighted by Gasteiger charge is -2.38. The summed E-state index contributed by atoms with van der Waals surface area (Å²) in [6.45, 7) is 0. The monoisotopic (exact) mass is 350 g/mol. The van der Waals surface area contributed by atoms with Crippen LogP contribution < -0.4 is 0 Å². The fourth-order valence-electron chi connectivity index (χ4n) is 5.12. The van der Waals surface area contributed by atoms with Crippen LogP contribution in [0.5, 0.6) is 11.5 Å². The van der Waals surface area contributed by atoms with Crippen molar-refractivity contribution in [3.63, 3.8) is 0 Å². The number of fused-ring (bicyclic) bond motifs is 1. The van der Waals surface area contributed by atoms with Crippen LogP contribution >= 0.6 is 0 Å². The fraction of sp³-hybridized carbons (Fsp3) is 0.500. The first-order valence-electron chi connectivity index (χ1n) is 10.3. The zero-order valence-electron chi connectivity index (χ0n) is 15.5. The summed E-state index contributed by atoms with van der Waals surface area (Å²) in [4.78, 5) is 0. The molecule has 0 saturated heterocycles. The smallest absolute Gasteiger partial charge is 0.115 e. The largest absolute Gasteiger partial charge is 0.508 e. The van der Waals surface area contributed by atoms with E-state index in [-0.39, 0.29) is 5.41 Å². The van der Waals surface area contributed by atoms with Crippen molar-refractivity contribution in [2.75, 3.05) is 0 Å². The summed E-state index contributed by atoms with van der Waals surface area (Å²) >= 11 is 0. The molecule has 2 aromatic rings. The number of hydrogen-bond acceptors (Lipinski definition) is 2. The molecule has 2 heteroatoms. The molecule has 0 amide bonds. The first-order valence-corrected chi connectivity index (χ1v) is 10.3. The van der Waals surface area contributed by atoms with E-state index in [2.05, 4.69) is 0 Å². The Balaban J connectivity index is 0.000000233. The molecule has 2 N–H and O–H groups in total. The van der Waals surface area contributed by atoms with Gasteiger partial charge in [-0.25, -0.2) is 0 Å². The van der Waals surface area contributed by atoms with Crippen LogP contribution in [0.4, 0.5) is 0 Å². The van der Waals surface area contributed by atoms with E-state index >= 15 is 0 Å². The molecule has 5 rings (SSSR count). The van der Waals surface area contributed by atoms with Crippen LogP contribution in [0.2, 0.25) is 0 Å². The van der Waals surface area contributed by atoms with Gasteiger partial charge in [-0.15, -0.1) is 0 Å². The molecule has 2 unspecified atom stereocenters. The average Bonchev–Trinajstić information content (AvgIpc) is 3.29. The van der Waals surface area contributed by atoms with E-state index in [0.29, 0.717) is 11.5 Å². The van der Waals surface area contributed by atoms with Gasteiger partial charge < -0.3 is 10.2 Å². The molecule has 26 heavy (non-hydrogen) atoms. The van der Waals surface area contributed by atoms with E-state index in [0.717, 1.165) is 12.8 Å². The molecule has 138 valence electrons. The first-order chi connectivity index (χ1) is 12.7. The summed E-state index contributed by atoms with van der Waals surface area (Å²) in [5.41, 5.74) is 2.56. The normalized spacial score (nSPS) is 25.7. The highest BCUT2D eigenvalue weighted by Crippen LogP contribution is 2.51. The lowest BCUT2D eigenvalue weighted by molar-refractivity contribution is 0.345. The van der Waals surface area contributed by atoms with Gasteiger partial charge in [-0.3, -0.25) is 0 Å². The molecule has 2 nitrogen and oxygen atoms in total. The summed E-state index contributed by atoms with van der Waals surface area (Å²) in [5.74, 6) is 3.05. The number of aromatic hydroxyl groups is 2. The minimum atomic E-state index is 0.0274. The van der Waals surface area contributed by atoms with Crippen LogP contribution in [-0.4, -0.2) is 10.2 Å². The standard InChI is InChI=1S/C18H20O2.C6H10/c19-16-8-4-14(5-9-16)18(12-2-1-3-13-18)15-6-10-17(20)11-7-15;1-2-5-4-6(5)3-1/h4-11,19-20H,1-3,12-13H2;5-6H,1-4H2. The molecule has 0 aliphatic heterocycles. The number of hydrogen-bond donors (Lipinski definition) is 2. The molecular formula is C24H30O2. The van der Waals surface area contributed by atoms with Gasteiger partial charge in [-0.2, -0.15) is 0 Å². The number of phenolic OH excluding ortho intramolecular Hbond substituents is 2. The van der Waals surface area contributed by atoms with Gasteiger partial charge in [0.15, 0.2) is 0 Å². The lowest BCUT2D eigenvalue weighted by Crippen LogP contribution is -2.30. The molecule has 0 bridgehead atoms. The maximum absolute atomic E-state index is 9.51. The molecule has 3 aliphatic carbocycles. The van der Waals surface area contributed by atoms with Gasteiger partial charge in [0.25, 0.3) is 0 Å². The summed E-state index contributed by atoms with van der Waals surface area (Å²) in [7, 11) is 0. The molecular weight excluding hydrogens is 320 g/mol. The van der Waals surface area contributed by atoms with Crippen molar-refractivity contribution in [1.29, 1.82) is 0 Å². The molecule has 0 heterocycles. The Morgan fingerprint density at radius 3 is 1.42 bits per heavy atom. The van der Waals surface area contributed by atoms with Gasteiger partial charge in [0.2, 0.25) is 0 Å². The van der Waals surface area contributed by atoms with E-state index in [4.69, 9.17) is 0 Å². The van der Waals surface area contributed by atoms with Gasteiger partial charge in [0, 0.05) is 5.41 Å². The zero-order valence-corrected chi connectivity index (χ0v) is 15.5. The van der Waals surface area contributed by atoms with Crippen molar-refractivity contribution < 1.29 is 10.2 Å². The minimum Gasteiger partial charge on any atom is -0.508 e. The molecule has 2 aromatic carbocycles. The summed E-state index contributed by atoms with van der Waals surface area (Å²) in [6.07, 6.45) is 12.2. The number of benzene rings is 2. The summed E-state index contributed by atoms with van der Waals surface area (Å²) < 4.78 is 0. The van der Waals surface area contributed by atoms with Crippen LogP contribution in [0.3, 0.4) is 0 Å². The maximum atomic E-state index is 9.51. The first kappa shape index (κ1) is 17.5. The maximum Gasteiger partial charge on any atom is 0.115 e. The SMILES string of the molecule is C1CC2CC2C1.Oc1ccc(C2(c3ccc(O)cc3)CCCCC2)cc1. The molecule has 2 atom stereocenters. The van der Waals surface area contributed by atoms with Crippen molar-refractivity contribution in [2.24, 2.45) is 11.8 Å². The predicted molar refractivity (Wildman–Crippen MR) is 106 cm³/mol. The van der Waals surface area contributed by atoms with E-state index in [1.165, 1.54) is 48.6 Å². The molecule has 3 fully saturated rings. The highest BCUT2D eigenvalue weighted by Gasteiger charge is 2.40. The van der Waals surface area contributed by atoms with Gasteiger partial charge in [0.05, 0.1) is 0 Å². The van der Waals surface area contributed by atoms with Crippen molar-refractivity contribution in [2.45, 2.75) is 63.2 Å². The molecule has 3 aliphatic rings. The summed E-state index contributed by atoms with van der Waals surface area (Å²) in [5, 5.41) is 19.0. The minimum absolute atomic E-state index is 0.0274. The fourth-order valence-corrected chi connectivity index (χ4v) is 5.12.